The molecular weight excluding hydrogens is 308 g/mol. The molecule has 0 saturated heterocycles. The topological polar surface area (TPSA) is 134 Å². The Hall–Kier alpha value is -3.03. The fourth-order valence-electron chi connectivity index (χ4n) is 2.76. The van der Waals surface area contributed by atoms with E-state index in [1.165, 1.54) is 0 Å². The molecule has 0 spiro atoms. The van der Waals surface area contributed by atoms with Crippen molar-refractivity contribution >= 4 is 22.5 Å². The molecule has 120 valence electrons. The standard InChI is InChI=1S/C15H12O8/c1-2-22-14(20)6-4-8(17)13-10(6)9-5(15(21)23-13)3-7(16)11(18)12(9)19/h3,6,16,18-19H,2,4H2,1H3. The predicted octanol–water partition coefficient (Wildman–Crippen LogP) is 1.14. The Morgan fingerprint density at radius 2 is 2.00 bits per heavy atom. The number of carbonyl (C=O) groups excluding carboxylic acids is 2. The van der Waals surface area contributed by atoms with Gasteiger partial charge in [0.25, 0.3) is 0 Å². The van der Waals surface area contributed by atoms with Crippen molar-refractivity contribution in [3.8, 4) is 17.2 Å². The fourth-order valence-corrected chi connectivity index (χ4v) is 2.76. The molecule has 1 aromatic carbocycles. The average molecular weight is 320 g/mol. The molecule has 0 radical (unpaired) electrons. The van der Waals surface area contributed by atoms with Crippen molar-refractivity contribution in [1.29, 1.82) is 0 Å². The highest BCUT2D eigenvalue weighted by molar-refractivity contribution is 6.10. The SMILES string of the molecule is CCOC(=O)C1CC(=O)c2oc(=O)c3cc(O)c(O)c(O)c3c21. The number of aromatic hydroxyl groups is 3. The first-order valence-electron chi connectivity index (χ1n) is 6.81. The molecule has 3 N–H and O–H groups in total. The molecule has 0 fully saturated rings. The van der Waals surface area contributed by atoms with Crippen LogP contribution in [0.5, 0.6) is 17.2 Å². The van der Waals surface area contributed by atoms with Crippen molar-refractivity contribution in [1.82, 2.24) is 0 Å². The monoisotopic (exact) mass is 320 g/mol. The molecule has 8 heteroatoms. The smallest absolute Gasteiger partial charge is 0.344 e. The van der Waals surface area contributed by atoms with Crippen LogP contribution in [-0.2, 0) is 9.53 Å². The summed E-state index contributed by atoms with van der Waals surface area (Å²) in [6, 6.07) is 0.904. The molecule has 1 aromatic heterocycles. The van der Waals surface area contributed by atoms with E-state index in [9.17, 15) is 29.7 Å². The zero-order valence-corrected chi connectivity index (χ0v) is 12.0. The molecule has 2 aromatic rings. The van der Waals surface area contributed by atoms with Crippen LogP contribution in [0, 0.1) is 0 Å². The first kappa shape index (κ1) is 14.9. The lowest BCUT2D eigenvalue weighted by molar-refractivity contribution is -0.144. The van der Waals surface area contributed by atoms with Crippen LogP contribution >= 0.6 is 0 Å². The van der Waals surface area contributed by atoms with Crippen LogP contribution in [0.4, 0.5) is 0 Å². The van der Waals surface area contributed by atoms with Gasteiger partial charge in [-0.1, -0.05) is 0 Å². The lowest BCUT2D eigenvalue weighted by Gasteiger charge is -2.13. The Labute approximate surface area is 128 Å². The van der Waals surface area contributed by atoms with Gasteiger partial charge in [-0.15, -0.1) is 0 Å². The van der Waals surface area contributed by atoms with Crippen LogP contribution in [0.1, 0.15) is 35.4 Å². The van der Waals surface area contributed by atoms with Gasteiger partial charge < -0.3 is 24.5 Å². The van der Waals surface area contributed by atoms with E-state index >= 15 is 0 Å². The van der Waals surface area contributed by atoms with Gasteiger partial charge in [0.1, 0.15) is 0 Å². The molecule has 3 rings (SSSR count). The molecule has 0 amide bonds. The second-order valence-electron chi connectivity index (χ2n) is 5.08. The zero-order chi connectivity index (χ0) is 16.9. The van der Waals surface area contributed by atoms with Crippen molar-refractivity contribution in [2.24, 2.45) is 0 Å². The molecule has 23 heavy (non-hydrogen) atoms. The number of benzene rings is 1. The molecule has 1 aliphatic carbocycles. The van der Waals surface area contributed by atoms with E-state index in [4.69, 9.17) is 9.15 Å². The number of ketones is 1. The molecule has 1 heterocycles. The van der Waals surface area contributed by atoms with E-state index in [1.54, 1.807) is 6.92 Å². The fraction of sp³-hybridized carbons (Fsp3) is 0.267. The van der Waals surface area contributed by atoms with E-state index < -0.39 is 40.5 Å². The van der Waals surface area contributed by atoms with E-state index in [1.807, 2.05) is 0 Å². The highest BCUT2D eigenvalue weighted by Gasteiger charge is 2.41. The van der Waals surface area contributed by atoms with Gasteiger partial charge in [-0.25, -0.2) is 4.79 Å². The Kier molecular flexibility index (Phi) is 3.24. The Morgan fingerprint density at radius 1 is 1.30 bits per heavy atom. The van der Waals surface area contributed by atoms with Gasteiger partial charge in [-0.05, 0) is 13.0 Å². The van der Waals surface area contributed by atoms with Crippen LogP contribution in [0.25, 0.3) is 10.8 Å². The van der Waals surface area contributed by atoms with Crippen molar-refractivity contribution in [3.05, 3.63) is 27.8 Å². The molecule has 1 atom stereocenters. The van der Waals surface area contributed by atoms with Crippen molar-refractivity contribution in [2.45, 2.75) is 19.3 Å². The van der Waals surface area contributed by atoms with Crippen LogP contribution in [0.15, 0.2) is 15.3 Å². The summed E-state index contributed by atoms with van der Waals surface area (Å²) in [7, 11) is 0. The second-order valence-corrected chi connectivity index (χ2v) is 5.08. The maximum Gasteiger partial charge on any atom is 0.344 e. The Morgan fingerprint density at radius 3 is 2.65 bits per heavy atom. The summed E-state index contributed by atoms with van der Waals surface area (Å²) >= 11 is 0. The molecule has 1 unspecified atom stereocenters. The lowest BCUT2D eigenvalue weighted by atomic mass is 9.96. The first-order chi connectivity index (χ1) is 10.9. The lowest BCUT2D eigenvalue weighted by Crippen LogP contribution is -2.15. The number of hydrogen-bond donors (Lipinski definition) is 3. The number of carbonyl (C=O) groups is 2. The van der Waals surface area contributed by atoms with Gasteiger partial charge in [0.05, 0.1) is 17.9 Å². The second kappa shape index (κ2) is 5.01. The molecule has 1 aliphatic rings. The third-order valence-corrected chi connectivity index (χ3v) is 3.75. The minimum absolute atomic E-state index is 0.0177. The number of phenolic OH excluding ortho intramolecular Hbond substituents is 3. The Bertz CT molecular complexity index is 908. The summed E-state index contributed by atoms with van der Waals surface area (Å²) in [5, 5.41) is 28.9. The molecule has 8 nitrogen and oxygen atoms in total. The highest BCUT2D eigenvalue weighted by atomic mass is 16.5. The van der Waals surface area contributed by atoms with Crippen LogP contribution in [0.3, 0.4) is 0 Å². The van der Waals surface area contributed by atoms with Gasteiger partial charge in [0.2, 0.25) is 5.75 Å². The highest BCUT2D eigenvalue weighted by Crippen LogP contribution is 2.47. The van der Waals surface area contributed by atoms with Gasteiger partial charge in [0.15, 0.2) is 23.0 Å². The maximum atomic E-state index is 12.1. The quantitative estimate of drug-likeness (QED) is 0.554. The normalized spacial score (nSPS) is 16.6. The zero-order valence-electron chi connectivity index (χ0n) is 12.0. The summed E-state index contributed by atoms with van der Waals surface area (Å²) in [6.45, 7) is 1.69. The predicted molar refractivity (Wildman–Crippen MR) is 75.8 cm³/mol. The number of phenols is 3. The van der Waals surface area contributed by atoms with Gasteiger partial charge >= 0.3 is 11.6 Å². The average Bonchev–Trinajstić information content (AvgIpc) is 2.82. The summed E-state index contributed by atoms with van der Waals surface area (Å²) in [5.41, 5.74) is -0.988. The van der Waals surface area contributed by atoms with Gasteiger partial charge in [-0.2, -0.15) is 0 Å². The van der Waals surface area contributed by atoms with E-state index in [0.29, 0.717) is 0 Å². The first-order valence-corrected chi connectivity index (χ1v) is 6.81. The number of Topliss-reactive ketones (excluding diaryl/α,β-unsaturated/α-hetero) is 1. The Balaban J connectivity index is 2.41. The third kappa shape index (κ3) is 2.02. The summed E-state index contributed by atoms with van der Waals surface area (Å²) in [4.78, 5) is 36.0. The number of fused-ring (bicyclic) bond motifs is 3. The molecular formula is C15H12O8. The minimum atomic E-state index is -1.06. The largest absolute Gasteiger partial charge is 0.504 e. The van der Waals surface area contributed by atoms with Crippen molar-refractivity contribution in [2.75, 3.05) is 6.61 Å². The number of esters is 1. The molecule has 0 bridgehead atoms. The number of rotatable bonds is 2. The summed E-state index contributed by atoms with van der Waals surface area (Å²) in [5.74, 6) is -5.06. The number of hydrogen-bond acceptors (Lipinski definition) is 8. The molecule has 0 aliphatic heterocycles. The van der Waals surface area contributed by atoms with Gasteiger partial charge in [-0.3, -0.25) is 9.59 Å². The maximum absolute atomic E-state index is 12.1. The van der Waals surface area contributed by atoms with Crippen LogP contribution in [0.2, 0.25) is 0 Å². The van der Waals surface area contributed by atoms with E-state index in [2.05, 4.69) is 0 Å². The van der Waals surface area contributed by atoms with E-state index in [-0.39, 0.29) is 35.1 Å². The minimum Gasteiger partial charge on any atom is -0.504 e. The third-order valence-electron chi connectivity index (χ3n) is 3.75. The van der Waals surface area contributed by atoms with E-state index in [0.717, 1.165) is 6.07 Å². The van der Waals surface area contributed by atoms with Crippen LogP contribution in [-0.4, -0.2) is 33.7 Å². The summed E-state index contributed by atoms with van der Waals surface area (Å²) < 4.78 is 9.84. The summed E-state index contributed by atoms with van der Waals surface area (Å²) in [6.07, 6.45) is -0.267. The van der Waals surface area contributed by atoms with Crippen molar-refractivity contribution < 1.29 is 34.1 Å². The van der Waals surface area contributed by atoms with Gasteiger partial charge in [0, 0.05) is 17.4 Å². The van der Waals surface area contributed by atoms with Crippen molar-refractivity contribution in [3.63, 3.8) is 0 Å². The van der Waals surface area contributed by atoms with Crippen LogP contribution < -0.4 is 5.63 Å². The molecule has 0 saturated carbocycles. The number of ether oxygens (including phenoxy) is 1.